The van der Waals surface area contributed by atoms with E-state index in [1.165, 1.54) is 5.01 Å². The molecule has 0 saturated carbocycles. The van der Waals surface area contributed by atoms with E-state index in [0.717, 1.165) is 31.8 Å². The van der Waals surface area contributed by atoms with E-state index in [0.29, 0.717) is 5.92 Å². The Labute approximate surface area is 114 Å². The summed E-state index contributed by atoms with van der Waals surface area (Å²) in [6.07, 6.45) is 1.33. The topological polar surface area (TPSA) is 34.1 Å². The Kier molecular flexibility index (Phi) is 4.41. The van der Waals surface area contributed by atoms with Crippen molar-refractivity contribution in [2.75, 3.05) is 19.7 Å². The Morgan fingerprint density at radius 1 is 1.50 bits per heavy atom. The highest BCUT2D eigenvalue weighted by Crippen LogP contribution is 2.36. The van der Waals surface area contributed by atoms with Gasteiger partial charge in [-0.2, -0.15) is 0 Å². The maximum absolute atomic E-state index is 5.88. The van der Waals surface area contributed by atoms with Crippen LogP contribution in [0.3, 0.4) is 0 Å². The summed E-state index contributed by atoms with van der Waals surface area (Å²) in [5, 5.41) is 6.80. The first-order valence-electron chi connectivity index (χ1n) is 6.80. The average Bonchev–Trinajstić information content (AvgIpc) is 2.93. The minimum atomic E-state index is 0.138. The maximum Gasteiger partial charge on any atom is 0.104 e. The van der Waals surface area contributed by atoms with Crippen LogP contribution in [0.2, 0.25) is 0 Å². The van der Waals surface area contributed by atoms with E-state index in [-0.39, 0.29) is 11.5 Å². The lowest BCUT2D eigenvalue weighted by atomic mass is 9.97. The molecule has 1 aromatic heterocycles. The van der Waals surface area contributed by atoms with Crippen molar-refractivity contribution in [2.24, 2.45) is 5.92 Å². The van der Waals surface area contributed by atoms with Gasteiger partial charge in [0.15, 0.2) is 0 Å². The smallest absolute Gasteiger partial charge is 0.104 e. The first-order valence-corrected chi connectivity index (χ1v) is 7.68. The Hall–Kier alpha value is -0.450. The summed E-state index contributed by atoms with van der Waals surface area (Å²) in [7, 11) is 0. The van der Waals surface area contributed by atoms with Gasteiger partial charge in [0.05, 0.1) is 10.7 Å². The number of hydrogen-bond acceptors (Lipinski definition) is 4. The van der Waals surface area contributed by atoms with Crippen molar-refractivity contribution < 1.29 is 4.74 Å². The van der Waals surface area contributed by atoms with Gasteiger partial charge in [-0.25, -0.2) is 4.98 Å². The van der Waals surface area contributed by atoms with Crippen molar-refractivity contribution in [3.8, 4) is 0 Å². The summed E-state index contributed by atoms with van der Waals surface area (Å²) in [5.41, 5.74) is 1.27. The van der Waals surface area contributed by atoms with E-state index in [2.05, 4.69) is 38.4 Å². The molecule has 1 saturated heterocycles. The van der Waals surface area contributed by atoms with Gasteiger partial charge in [0.2, 0.25) is 0 Å². The zero-order valence-corrected chi connectivity index (χ0v) is 12.6. The number of aromatic nitrogens is 1. The molecular formula is C14H24N2OS. The van der Waals surface area contributed by atoms with Crippen LogP contribution in [0.25, 0.3) is 0 Å². The highest BCUT2D eigenvalue weighted by molar-refractivity contribution is 7.09. The quantitative estimate of drug-likeness (QED) is 0.911. The third kappa shape index (κ3) is 3.11. The highest BCUT2D eigenvalue weighted by atomic mass is 32.1. The first kappa shape index (κ1) is 14.0. The fourth-order valence-electron chi connectivity index (χ4n) is 2.26. The van der Waals surface area contributed by atoms with Gasteiger partial charge in [0, 0.05) is 29.9 Å². The highest BCUT2D eigenvalue weighted by Gasteiger charge is 2.32. The van der Waals surface area contributed by atoms with Gasteiger partial charge in [-0.05, 0) is 13.0 Å². The Morgan fingerprint density at radius 3 is 2.89 bits per heavy atom. The van der Waals surface area contributed by atoms with E-state index >= 15 is 0 Å². The number of nitrogens with one attached hydrogen (secondary N) is 1. The number of ether oxygens (including phenoxy) is 1. The molecule has 3 nitrogen and oxygen atoms in total. The largest absolute Gasteiger partial charge is 0.372 e. The number of rotatable bonds is 4. The third-order valence-electron chi connectivity index (χ3n) is 3.33. The van der Waals surface area contributed by atoms with E-state index in [4.69, 9.17) is 9.72 Å². The Bertz CT molecular complexity index is 383. The molecule has 2 rings (SSSR count). The van der Waals surface area contributed by atoms with Crippen molar-refractivity contribution in [1.29, 1.82) is 0 Å². The second-order valence-corrected chi connectivity index (χ2v) is 6.83. The van der Waals surface area contributed by atoms with Crippen LogP contribution >= 0.6 is 11.3 Å². The normalized spacial score (nSPS) is 24.7. The molecule has 0 aromatic carbocycles. The van der Waals surface area contributed by atoms with Crippen molar-refractivity contribution in [2.45, 2.75) is 45.6 Å². The third-order valence-corrected chi connectivity index (χ3v) is 4.61. The molecule has 0 amide bonds. The van der Waals surface area contributed by atoms with Gasteiger partial charge in [0.25, 0.3) is 0 Å². The molecule has 2 heterocycles. The van der Waals surface area contributed by atoms with Gasteiger partial charge in [-0.15, -0.1) is 11.3 Å². The fourth-order valence-corrected chi connectivity index (χ4v) is 3.19. The SMILES string of the molecule is CCNCC1CCOC1c1csc(C(C)(C)C)n1. The van der Waals surface area contributed by atoms with Crippen molar-refractivity contribution in [1.82, 2.24) is 10.3 Å². The molecule has 0 spiro atoms. The van der Waals surface area contributed by atoms with Crippen LogP contribution in [-0.2, 0) is 10.2 Å². The van der Waals surface area contributed by atoms with E-state index in [1.54, 1.807) is 11.3 Å². The van der Waals surface area contributed by atoms with Crippen LogP contribution in [0.4, 0.5) is 0 Å². The molecule has 0 aliphatic carbocycles. The molecule has 2 atom stereocenters. The van der Waals surface area contributed by atoms with Gasteiger partial charge >= 0.3 is 0 Å². The molecule has 0 bridgehead atoms. The number of hydrogen-bond donors (Lipinski definition) is 1. The molecule has 1 aliphatic rings. The first-order chi connectivity index (χ1) is 8.52. The monoisotopic (exact) mass is 268 g/mol. The minimum absolute atomic E-state index is 0.138. The molecule has 2 unspecified atom stereocenters. The molecule has 1 N–H and O–H groups in total. The molecule has 0 radical (unpaired) electrons. The van der Waals surface area contributed by atoms with Gasteiger partial charge in [-0.1, -0.05) is 27.7 Å². The lowest BCUT2D eigenvalue weighted by Gasteiger charge is -2.17. The Morgan fingerprint density at radius 2 is 2.28 bits per heavy atom. The molecule has 1 fully saturated rings. The van der Waals surface area contributed by atoms with Crippen LogP contribution in [0.1, 0.15) is 50.9 Å². The van der Waals surface area contributed by atoms with Crippen LogP contribution < -0.4 is 5.32 Å². The molecule has 1 aliphatic heterocycles. The molecular weight excluding hydrogens is 244 g/mol. The summed E-state index contributed by atoms with van der Waals surface area (Å²) in [6, 6.07) is 0. The van der Waals surface area contributed by atoms with Crippen LogP contribution in [0.5, 0.6) is 0 Å². The predicted molar refractivity (Wildman–Crippen MR) is 76.2 cm³/mol. The second-order valence-electron chi connectivity index (χ2n) is 5.98. The number of thiazole rings is 1. The van der Waals surface area contributed by atoms with Gasteiger partial charge in [-0.3, -0.25) is 0 Å². The zero-order valence-electron chi connectivity index (χ0n) is 11.8. The average molecular weight is 268 g/mol. The van der Waals surface area contributed by atoms with E-state index < -0.39 is 0 Å². The molecule has 1 aromatic rings. The molecule has 102 valence electrons. The van der Waals surface area contributed by atoms with Gasteiger partial charge < -0.3 is 10.1 Å². The van der Waals surface area contributed by atoms with Crippen molar-refractivity contribution in [3.05, 3.63) is 16.1 Å². The van der Waals surface area contributed by atoms with Crippen molar-refractivity contribution >= 4 is 11.3 Å². The summed E-state index contributed by atoms with van der Waals surface area (Å²) < 4.78 is 5.88. The van der Waals surface area contributed by atoms with E-state index in [9.17, 15) is 0 Å². The predicted octanol–water partition coefficient (Wildman–Crippen LogP) is 3.13. The summed E-state index contributed by atoms with van der Waals surface area (Å²) in [6.45, 7) is 11.7. The standard InChI is InChI=1S/C14H24N2OS/c1-5-15-8-10-6-7-17-12(10)11-9-18-13(16-11)14(2,3)4/h9-10,12,15H,5-8H2,1-4H3. The maximum atomic E-state index is 5.88. The molecule has 4 heteroatoms. The zero-order chi connectivity index (χ0) is 13.2. The van der Waals surface area contributed by atoms with Gasteiger partial charge in [0.1, 0.15) is 6.10 Å². The lowest BCUT2D eigenvalue weighted by Crippen LogP contribution is -2.24. The van der Waals surface area contributed by atoms with Crippen LogP contribution in [-0.4, -0.2) is 24.7 Å². The van der Waals surface area contributed by atoms with Crippen LogP contribution in [0.15, 0.2) is 5.38 Å². The Balaban J connectivity index is 2.08. The summed E-state index contributed by atoms with van der Waals surface area (Å²) >= 11 is 1.76. The lowest BCUT2D eigenvalue weighted by molar-refractivity contribution is 0.0875. The fraction of sp³-hybridized carbons (Fsp3) is 0.786. The molecule has 18 heavy (non-hydrogen) atoms. The minimum Gasteiger partial charge on any atom is -0.372 e. The van der Waals surface area contributed by atoms with Crippen LogP contribution in [0, 0.1) is 5.92 Å². The summed E-state index contributed by atoms with van der Waals surface area (Å²) in [5.74, 6) is 0.569. The van der Waals surface area contributed by atoms with Crippen molar-refractivity contribution in [3.63, 3.8) is 0 Å². The number of nitrogens with zero attached hydrogens (tertiary/aromatic N) is 1. The summed E-state index contributed by atoms with van der Waals surface area (Å²) in [4.78, 5) is 4.79. The van der Waals surface area contributed by atoms with E-state index in [1.807, 2.05) is 0 Å². The second kappa shape index (κ2) is 5.68.